The number of allylic oxidation sites excluding steroid dienone is 1. The number of fused-ring (bicyclic) bond motifs is 6. The molecule has 1 heterocycles. The van der Waals surface area contributed by atoms with Gasteiger partial charge in [-0.25, -0.2) is 4.98 Å². The minimum absolute atomic E-state index is 0.0907. The van der Waals surface area contributed by atoms with E-state index in [4.69, 9.17) is 4.98 Å². The topological polar surface area (TPSA) is 12.9 Å². The van der Waals surface area contributed by atoms with Crippen LogP contribution < -0.4 is 5.30 Å². The fraction of sp³-hybridized carbons (Fsp3) is 0.114. The average Bonchev–Trinajstić information content (AvgIpc) is 2.96. The van der Waals surface area contributed by atoms with Crippen molar-refractivity contribution in [2.75, 3.05) is 13.3 Å². The van der Waals surface area contributed by atoms with Crippen molar-refractivity contribution in [3.05, 3.63) is 114 Å². The van der Waals surface area contributed by atoms with Gasteiger partial charge in [-0.2, -0.15) is 0 Å². The smallest absolute Gasteiger partial charge is 0.0794 e. The molecule has 0 N–H and O–H groups in total. The second-order valence-corrected chi connectivity index (χ2v) is 12.5. The molecule has 0 saturated carbocycles. The zero-order valence-electron chi connectivity index (χ0n) is 21.2. The third kappa shape index (κ3) is 3.78. The van der Waals surface area contributed by atoms with Crippen LogP contribution in [-0.4, -0.2) is 18.3 Å². The van der Waals surface area contributed by atoms with Crippen LogP contribution in [0.1, 0.15) is 17.5 Å². The lowest BCUT2D eigenvalue weighted by molar-refractivity contribution is 0.988. The quantitative estimate of drug-likeness (QED) is 0.136. The van der Waals surface area contributed by atoms with Crippen molar-refractivity contribution in [1.29, 1.82) is 0 Å². The van der Waals surface area contributed by atoms with Crippen molar-refractivity contribution in [2.45, 2.75) is 12.8 Å². The standard InChI is InChI=1S/C35H28NP/c1-37(2)28-18-14-23(15-19-28)26-10-7-11-27(22-26)33-31-20-16-24-8-3-5-12-29(24)34(31)36-35-30-13-6-4-9-25(30)17-21-32(33)35/h3,5-8,10-22H,4,9H2,1-2H3. The van der Waals surface area contributed by atoms with Crippen LogP contribution in [0.2, 0.25) is 0 Å². The van der Waals surface area contributed by atoms with Gasteiger partial charge in [-0.05, 0) is 65.2 Å². The van der Waals surface area contributed by atoms with Gasteiger partial charge in [0.2, 0.25) is 0 Å². The first-order chi connectivity index (χ1) is 18.2. The van der Waals surface area contributed by atoms with Crippen molar-refractivity contribution in [2.24, 2.45) is 0 Å². The maximum Gasteiger partial charge on any atom is 0.0794 e. The van der Waals surface area contributed by atoms with Crippen molar-refractivity contribution >= 4 is 51.9 Å². The van der Waals surface area contributed by atoms with E-state index in [-0.39, 0.29) is 7.92 Å². The summed E-state index contributed by atoms with van der Waals surface area (Å²) in [5.74, 6) is 0. The number of aromatic nitrogens is 1. The number of aryl methyl sites for hydroxylation is 1. The number of rotatable bonds is 3. The van der Waals surface area contributed by atoms with Crippen LogP contribution >= 0.6 is 7.92 Å². The van der Waals surface area contributed by atoms with Crippen molar-refractivity contribution in [3.63, 3.8) is 0 Å². The van der Waals surface area contributed by atoms with E-state index in [1.807, 2.05) is 0 Å². The first kappa shape index (κ1) is 22.4. The van der Waals surface area contributed by atoms with Crippen molar-refractivity contribution < 1.29 is 0 Å². The number of nitrogens with zero attached hydrogens (tertiary/aromatic N) is 1. The minimum Gasteiger partial charge on any atom is -0.246 e. The highest BCUT2D eigenvalue weighted by molar-refractivity contribution is 7.64. The molecule has 0 radical (unpaired) electrons. The molecule has 0 spiro atoms. The molecule has 178 valence electrons. The van der Waals surface area contributed by atoms with Gasteiger partial charge in [0.05, 0.1) is 11.0 Å². The van der Waals surface area contributed by atoms with Gasteiger partial charge in [-0.1, -0.05) is 111 Å². The maximum atomic E-state index is 5.36. The molecule has 1 aliphatic carbocycles. The Labute approximate surface area is 219 Å². The van der Waals surface area contributed by atoms with Crippen molar-refractivity contribution in [3.8, 4) is 22.3 Å². The lowest BCUT2D eigenvalue weighted by Crippen LogP contribution is -1.99. The van der Waals surface area contributed by atoms with E-state index in [1.165, 1.54) is 60.2 Å². The first-order valence-electron chi connectivity index (χ1n) is 13.0. The SMILES string of the molecule is CP(C)c1ccc(-c2cccc(-c3c4ccc5c(c4nc4c3ccc3ccccc34)C=CCC5)c2)cc1. The molecule has 37 heavy (non-hydrogen) atoms. The Hall–Kier alpha value is -3.80. The first-order valence-corrected chi connectivity index (χ1v) is 15.2. The predicted molar refractivity (Wildman–Crippen MR) is 163 cm³/mol. The van der Waals surface area contributed by atoms with Crippen LogP contribution in [0, 0.1) is 0 Å². The molecule has 0 aliphatic heterocycles. The van der Waals surface area contributed by atoms with E-state index in [0.29, 0.717) is 0 Å². The summed E-state index contributed by atoms with van der Waals surface area (Å²) in [6, 6.07) is 35.9. The Bertz CT molecular complexity index is 1840. The number of hydrogen-bond donors (Lipinski definition) is 0. The van der Waals surface area contributed by atoms with Gasteiger partial charge in [0.15, 0.2) is 0 Å². The zero-order valence-corrected chi connectivity index (χ0v) is 22.1. The molecule has 5 aromatic carbocycles. The maximum absolute atomic E-state index is 5.36. The minimum atomic E-state index is -0.0907. The van der Waals surface area contributed by atoms with E-state index < -0.39 is 0 Å². The molecule has 7 rings (SSSR count). The van der Waals surface area contributed by atoms with Gasteiger partial charge in [0.1, 0.15) is 0 Å². The van der Waals surface area contributed by atoms with Gasteiger partial charge in [0.25, 0.3) is 0 Å². The third-order valence-electron chi connectivity index (χ3n) is 7.70. The number of benzene rings is 5. The summed E-state index contributed by atoms with van der Waals surface area (Å²) in [6.45, 7) is 4.62. The van der Waals surface area contributed by atoms with E-state index in [1.54, 1.807) is 0 Å². The van der Waals surface area contributed by atoms with E-state index in [2.05, 4.69) is 123 Å². The van der Waals surface area contributed by atoms with Crippen LogP contribution in [0.25, 0.3) is 60.9 Å². The zero-order chi connectivity index (χ0) is 24.9. The summed E-state index contributed by atoms with van der Waals surface area (Å²) in [6.07, 6.45) is 6.75. The molecule has 1 nitrogen and oxygen atoms in total. The van der Waals surface area contributed by atoms with E-state index in [9.17, 15) is 0 Å². The lowest BCUT2D eigenvalue weighted by atomic mass is 9.88. The van der Waals surface area contributed by atoms with Crippen LogP contribution in [-0.2, 0) is 6.42 Å². The molecular weight excluding hydrogens is 465 g/mol. The second kappa shape index (κ2) is 8.94. The van der Waals surface area contributed by atoms with Gasteiger partial charge in [-0.15, -0.1) is 0 Å². The molecule has 2 heteroatoms. The summed E-state index contributed by atoms with van der Waals surface area (Å²) < 4.78 is 0. The molecule has 0 amide bonds. The summed E-state index contributed by atoms with van der Waals surface area (Å²) in [5.41, 5.74) is 9.89. The number of pyridine rings is 1. The van der Waals surface area contributed by atoms with Crippen LogP contribution in [0.3, 0.4) is 0 Å². The molecule has 1 aromatic heterocycles. The Morgan fingerprint density at radius 1 is 0.649 bits per heavy atom. The monoisotopic (exact) mass is 493 g/mol. The fourth-order valence-corrected chi connectivity index (χ4v) is 6.51. The normalized spacial score (nSPS) is 13.1. The molecule has 0 bridgehead atoms. The summed E-state index contributed by atoms with van der Waals surface area (Å²) in [4.78, 5) is 5.36. The molecule has 0 fully saturated rings. The highest BCUT2D eigenvalue weighted by Gasteiger charge is 2.18. The van der Waals surface area contributed by atoms with E-state index in [0.717, 1.165) is 23.9 Å². The molecule has 6 aromatic rings. The summed E-state index contributed by atoms with van der Waals surface area (Å²) >= 11 is 0. The molecule has 0 saturated heterocycles. The highest BCUT2D eigenvalue weighted by Crippen LogP contribution is 2.41. The third-order valence-corrected chi connectivity index (χ3v) is 9.03. The van der Waals surface area contributed by atoms with Gasteiger partial charge >= 0.3 is 0 Å². The Morgan fingerprint density at radius 3 is 2.30 bits per heavy atom. The predicted octanol–water partition coefficient (Wildman–Crippen LogP) is 9.20. The van der Waals surface area contributed by atoms with Gasteiger partial charge in [0, 0.05) is 27.3 Å². The number of hydrogen-bond acceptors (Lipinski definition) is 1. The van der Waals surface area contributed by atoms with Crippen LogP contribution in [0.15, 0.2) is 103 Å². The largest absolute Gasteiger partial charge is 0.246 e. The Morgan fingerprint density at radius 2 is 1.43 bits per heavy atom. The summed E-state index contributed by atoms with van der Waals surface area (Å²) in [5, 5.41) is 6.31. The molecular formula is C35H28NP. The lowest BCUT2D eigenvalue weighted by Gasteiger charge is -2.18. The molecule has 1 aliphatic rings. The van der Waals surface area contributed by atoms with Crippen LogP contribution in [0.5, 0.6) is 0 Å². The summed E-state index contributed by atoms with van der Waals surface area (Å²) in [7, 11) is -0.0907. The Balaban J connectivity index is 1.53. The average molecular weight is 494 g/mol. The van der Waals surface area contributed by atoms with Crippen molar-refractivity contribution in [1.82, 2.24) is 4.98 Å². The van der Waals surface area contributed by atoms with Gasteiger partial charge in [-0.3, -0.25) is 0 Å². The molecule has 0 unspecified atom stereocenters. The van der Waals surface area contributed by atoms with Crippen LogP contribution in [0.4, 0.5) is 0 Å². The molecule has 0 atom stereocenters. The Kier molecular flexibility index (Phi) is 5.41. The van der Waals surface area contributed by atoms with Gasteiger partial charge < -0.3 is 0 Å². The fourth-order valence-electron chi connectivity index (χ4n) is 5.77. The highest BCUT2D eigenvalue weighted by atomic mass is 31.1. The van der Waals surface area contributed by atoms with E-state index >= 15 is 0 Å². The second-order valence-electron chi connectivity index (χ2n) is 10.2.